The first-order valence-corrected chi connectivity index (χ1v) is 9.02. The number of carbonyl (C=O) groups excluding carboxylic acids is 1. The minimum absolute atomic E-state index is 0.0653. The fraction of sp³-hybridized carbons (Fsp3) is 0.273. The summed E-state index contributed by atoms with van der Waals surface area (Å²) in [5.41, 5.74) is 3.91. The number of nitrogens with zero attached hydrogens (tertiary/aromatic N) is 1. The number of benzene rings is 2. The Bertz CT molecular complexity index is 843. The molecule has 1 amide bonds. The zero-order valence-electron chi connectivity index (χ0n) is 14.7. The second-order valence-corrected chi connectivity index (χ2v) is 6.29. The highest BCUT2D eigenvalue weighted by molar-refractivity contribution is 6.05. The van der Waals surface area contributed by atoms with Gasteiger partial charge in [-0.3, -0.25) is 9.78 Å². The number of pyridine rings is 1. The van der Waals surface area contributed by atoms with Gasteiger partial charge in [0, 0.05) is 18.0 Å². The van der Waals surface area contributed by atoms with E-state index in [4.69, 9.17) is 0 Å². The van der Waals surface area contributed by atoms with E-state index >= 15 is 0 Å². The molecule has 0 radical (unpaired) electrons. The second kappa shape index (κ2) is 8.43. The van der Waals surface area contributed by atoms with Gasteiger partial charge in [0.05, 0.1) is 11.2 Å². The Morgan fingerprint density at radius 1 is 0.960 bits per heavy atom. The molecule has 0 spiro atoms. The summed E-state index contributed by atoms with van der Waals surface area (Å²) in [4.78, 5) is 16.8. The van der Waals surface area contributed by atoms with Crippen LogP contribution >= 0.6 is 0 Å². The smallest absolute Gasteiger partial charge is 0.224 e. The van der Waals surface area contributed by atoms with Gasteiger partial charge in [0.15, 0.2) is 0 Å². The average molecular weight is 332 g/mol. The van der Waals surface area contributed by atoms with Crippen molar-refractivity contribution in [2.45, 2.75) is 39.0 Å². The lowest BCUT2D eigenvalue weighted by atomic mass is 10.00. The van der Waals surface area contributed by atoms with E-state index in [0.29, 0.717) is 6.42 Å². The molecule has 3 heteroatoms. The molecule has 2 aromatic carbocycles. The molecule has 3 nitrogen and oxygen atoms in total. The lowest BCUT2D eigenvalue weighted by Crippen LogP contribution is -2.11. The van der Waals surface area contributed by atoms with Crippen molar-refractivity contribution in [1.82, 2.24) is 4.98 Å². The fourth-order valence-corrected chi connectivity index (χ4v) is 3.07. The monoisotopic (exact) mass is 332 g/mol. The maximum Gasteiger partial charge on any atom is 0.224 e. The molecule has 1 aromatic heterocycles. The molecule has 0 aliphatic carbocycles. The summed E-state index contributed by atoms with van der Waals surface area (Å²) in [6, 6.07) is 18.3. The molecule has 128 valence electrons. The minimum atomic E-state index is 0.0653. The van der Waals surface area contributed by atoms with Gasteiger partial charge in [0.25, 0.3) is 0 Å². The highest BCUT2D eigenvalue weighted by Crippen LogP contribution is 2.32. The number of unbranched alkanes of at least 4 members (excludes halogenated alkanes) is 3. The van der Waals surface area contributed by atoms with E-state index in [2.05, 4.69) is 41.5 Å². The van der Waals surface area contributed by atoms with Crippen molar-refractivity contribution < 1.29 is 4.79 Å². The molecule has 0 bridgehead atoms. The maximum atomic E-state index is 12.2. The van der Waals surface area contributed by atoms with Gasteiger partial charge in [-0.2, -0.15) is 0 Å². The third-order valence-electron chi connectivity index (χ3n) is 4.39. The average Bonchev–Trinajstić information content (AvgIpc) is 2.66. The number of fused-ring (bicyclic) bond motifs is 1. The summed E-state index contributed by atoms with van der Waals surface area (Å²) in [5.74, 6) is 0.0653. The van der Waals surface area contributed by atoms with Crippen LogP contribution in [0.1, 0.15) is 39.0 Å². The Balaban J connectivity index is 1.85. The Hall–Kier alpha value is -2.68. The normalized spacial score (nSPS) is 10.8. The lowest BCUT2D eigenvalue weighted by Gasteiger charge is -2.12. The van der Waals surface area contributed by atoms with Crippen molar-refractivity contribution in [3.8, 4) is 11.1 Å². The Kier molecular flexibility index (Phi) is 5.78. The minimum Gasteiger partial charge on any atom is -0.324 e. The van der Waals surface area contributed by atoms with Crippen LogP contribution in [0.25, 0.3) is 22.0 Å². The van der Waals surface area contributed by atoms with Gasteiger partial charge in [-0.15, -0.1) is 0 Å². The van der Waals surface area contributed by atoms with Gasteiger partial charge >= 0.3 is 0 Å². The molecule has 0 saturated heterocycles. The maximum absolute atomic E-state index is 12.2. The molecular formula is C22H24N2O. The van der Waals surface area contributed by atoms with Crippen molar-refractivity contribution in [2.75, 3.05) is 5.32 Å². The third kappa shape index (κ3) is 4.24. The number of hydrogen-bond donors (Lipinski definition) is 1. The van der Waals surface area contributed by atoms with Gasteiger partial charge in [-0.05, 0) is 29.7 Å². The Labute approximate surface area is 149 Å². The first-order valence-electron chi connectivity index (χ1n) is 9.02. The predicted octanol–water partition coefficient (Wildman–Crippen LogP) is 5.81. The number of nitrogens with one attached hydrogen (secondary N) is 1. The molecule has 0 atom stereocenters. The van der Waals surface area contributed by atoms with Gasteiger partial charge in [-0.25, -0.2) is 0 Å². The van der Waals surface area contributed by atoms with Gasteiger partial charge in [0.1, 0.15) is 0 Å². The van der Waals surface area contributed by atoms with Crippen molar-refractivity contribution in [1.29, 1.82) is 0 Å². The summed E-state index contributed by atoms with van der Waals surface area (Å²) in [6.45, 7) is 2.17. The van der Waals surface area contributed by atoms with Crippen LogP contribution in [-0.2, 0) is 4.79 Å². The quantitative estimate of drug-likeness (QED) is 0.555. The van der Waals surface area contributed by atoms with Crippen molar-refractivity contribution in [3.05, 3.63) is 60.8 Å². The van der Waals surface area contributed by atoms with E-state index in [1.165, 1.54) is 12.8 Å². The van der Waals surface area contributed by atoms with E-state index in [0.717, 1.165) is 40.6 Å². The van der Waals surface area contributed by atoms with Crippen molar-refractivity contribution in [2.24, 2.45) is 0 Å². The van der Waals surface area contributed by atoms with Crippen LogP contribution in [0, 0.1) is 0 Å². The summed E-state index contributed by atoms with van der Waals surface area (Å²) in [6.07, 6.45) is 6.74. The Morgan fingerprint density at radius 2 is 1.80 bits per heavy atom. The predicted molar refractivity (Wildman–Crippen MR) is 105 cm³/mol. The summed E-state index contributed by atoms with van der Waals surface area (Å²) in [5, 5.41) is 4.09. The van der Waals surface area contributed by atoms with Crippen LogP contribution in [0.2, 0.25) is 0 Å². The van der Waals surface area contributed by atoms with Crippen LogP contribution in [0.4, 0.5) is 5.69 Å². The van der Waals surface area contributed by atoms with E-state index < -0.39 is 0 Å². The molecule has 25 heavy (non-hydrogen) atoms. The van der Waals surface area contributed by atoms with Crippen LogP contribution in [0.15, 0.2) is 60.8 Å². The van der Waals surface area contributed by atoms with E-state index in [9.17, 15) is 4.79 Å². The molecular weight excluding hydrogens is 308 g/mol. The van der Waals surface area contributed by atoms with E-state index in [1.807, 2.05) is 30.3 Å². The van der Waals surface area contributed by atoms with Crippen LogP contribution in [-0.4, -0.2) is 10.9 Å². The molecule has 0 saturated carbocycles. The second-order valence-electron chi connectivity index (χ2n) is 6.29. The van der Waals surface area contributed by atoms with Crippen molar-refractivity contribution >= 4 is 22.5 Å². The highest BCUT2D eigenvalue weighted by Gasteiger charge is 2.10. The largest absolute Gasteiger partial charge is 0.324 e. The molecule has 1 N–H and O–H groups in total. The molecule has 0 aliphatic rings. The van der Waals surface area contributed by atoms with Crippen LogP contribution in [0.3, 0.4) is 0 Å². The van der Waals surface area contributed by atoms with E-state index in [1.54, 1.807) is 6.20 Å². The Morgan fingerprint density at radius 3 is 2.60 bits per heavy atom. The first-order chi connectivity index (χ1) is 12.3. The van der Waals surface area contributed by atoms with Gasteiger partial charge in [-0.1, -0.05) is 68.7 Å². The summed E-state index contributed by atoms with van der Waals surface area (Å²) >= 11 is 0. The van der Waals surface area contributed by atoms with Gasteiger partial charge in [0.2, 0.25) is 5.91 Å². The molecule has 3 aromatic rings. The summed E-state index contributed by atoms with van der Waals surface area (Å²) in [7, 11) is 0. The van der Waals surface area contributed by atoms with Gasteiger partial charge < -0.3 is 5.32 Å². The number of anilines is 1. The lowest BCUT2D eigenvalue weighted by molar-refractivity contribution is -0.116. The fourth-order valence-electron chi connectivity index (χ4n) is 3.07. The first kappa shape index (κ1) is 17.2. The van der Waals surface area contributed by atoms with E-state index in [-0.39, 0.29) is 5.91 Å². The number of carbonyl (C=O) groups is 1. The third-order valence-corrected chi connectivity index (χ3v) is 4.39. The number of hydrogen-bond acceptors (Lipinski definition) is 2. The summed E-state index contributed by atoms with van der Waals surface area (Å²) < 4.78 is 0. The molecule has 1 heterocycles. The van der Waals surface area contributed by atoms with Crippen LogP contribution < -0.4 is 5.32 Å². The zero-order chi connectivity index (χ0) is 17.5. The zero-order valence-corrected chi connectivity index (χ0v) is 14.7. The SMILES string of the molecule is CCCCCCC(=O)Nc1ccc(-c2ccccc2)c2cccnc12. The number of aromatic nitrogens is 1. The highest BCUT2D eigenvalue weighted by atomic mass is 16.1. The number of rotatable bonds is 7. The van der Waals surface area contributed by atoms with Crippen molar-refractivity contribution in [3.63, 3.8) is 0 Å². The number of amides is 1. The molecule has 0 unspecified atom stereocenters. The molecule has 0 fully saturated rings. The van der Waals surface area contributed by atoms with Crippen LogP contribution in [0.5, 0.6) is 0 Å². The molecule has 3 rings (SSSR count). The standard InChI is InChI=1S/C22H24N2O/c1-2-3-4-8-13-21(25)24-20-15-14-18(17-10-6-5-7-11-17)19-12-9-16-23-22(19)20/h5-7,9-12,14-16H,2-4,8,13H2,1H3,(H,24,25). The topological polar surface area (TPSA) is 42.0 Å². The molecule has 0 aliphatic heterocycles.